The van der Waals surface area contributed by atoms with Gasteiger partial charge in [0.25, 0.3) is 0 Å². The molecule has 3 heteroatoms. The molecule has 0 spiro atoms. The summed E-state index contributed by atoms with van der Waals surface area (Å²) < 4.78 is 1.01. The summed E-state index contributed by atoms with van der Waals surface area (Å²) >= 11 is 9.46. The summed E-state index contributed by atoms with van der Waals surface area (Å²) in [5.41, 5.74) is 2.77. The van der Waals surface area contributed by atoms with Gasteiger partial charge in [0.05, 0.1) is 5.02 Å². The van der Waals surface area contributed by atoms with Gasteiger partial charge < -0.3 is 0 Å². The largest absolute Gasteiger partial charge is 0.295 e. The van der Waals surface area contributed by atoms with E-state index >= 15 is 0 Å². The SMILES string of the molecule is CCN1Cc2cc(Cl)c(Br)cc2C1. The number of rotatable bonds is 1. The molecule has 0 saturated carbocycles. The van der Waals surface area contributed by atoms with E-state index in [9.17, 15) is 0 Å². The van der Waals surface area contributed by atoms with Crippen molar-refractivity contribution in [1.29, 1.82) is 0 Å². The van der Waals surface area contributed by atoms with Crippen LogP contribution in [0.2, 0.25) is 5.02 Å². The summed E-state index contributed by atoms with van der Waals surface area (Å²) in [4.78, 5) is 2.40. The molecular weight excluding hydrogens is 249 g/mol. The number of nitrogens with zero attached hydrogens (tertiary/aromatic N) is 1. The van der Waals surface area contributed by atoms with Gasteiger partial charge in [0.15, 0.2) is 0 Å². The van der Waals surface area contributed by atoms with E-state index in [1.54, 1.807) is 0 Å². The lowest BCUT2D eigenvalue weighted by molar-refractivity contribution is 0.301. The quantitative estimate of drug-likeness (QED) is 0.748. The summed E-state index contributed by atoms with van der Waals surface area (Å²) in [6, 6.07) is 4.20. The maximum atomic E-state index is 6.02. The molecule has 0 radical (unpaired) electrons. The van der Waals surface area contributed by atoms with E-state index in [1.807, 2.05) is 0 Å². The Hall–Kier alpha value is -0.0500. The first-order valence-electron chi connectivity index (χ1n) is 4.40. The Bertz CT molecular complexity index is 307. The van der Waals surface area contributed by atoms with E-state index < -0.39 is 0 Å². The lowest BCUT2D eigenvalue weighted by atomic mass is 10.1. The molecule has 0 N–H and O–H groups in total. The molecule has 1 aliphatic heterocycles. The van der Waals surface area contributed by atoms with E-state index in [1.165, 1.54) is 11.1 Å². The fourth-order valence-corrected chi connectivity index (χ4v) is 2.26. The minimum atomic E-state index is 0.816. The van der Waals surface area contributed by atoms with Crippen LogP contribution in [-0.2, 0) is 13.1 Å². The number of hydrogen-bond acceptors (Lipinski definition) is 1. The number of hydrogen-bond donors (Lipinski definition) is 0. The Morgan fingerprint density at radius 3 is 2.62 bits per heavy atom. The summed E-state index contributed by atoms with van der Waals surface area (Å²) in [6.45, 7) is 5.38. The van der Waals surface area contributed by atoms with Crippen molar-refractivity contribution in [3.8, 4) is 0 Å². The zero-order chi connectivity index (χ0) is 9.42. The van der Waals surface area contributed by atoms with Crippen molar-refractivity contribution < 1.29 is 0 Å². The van der Waals surface area contributed by atoms with Gasteiger partial charge in [0, 0.05) is 17.6 Å². The van der Waals surface area contributed by atoms with Gasteiger partial charge in [-0.3, -0.25) is 4.90 Å². The summed E-state index contributed by atoms with van der Waals surface area (Å²) in [5.74, 6) is 0. The maximum Gasteiger partial charge on any atom is 0.0551 e. The van der Waals surface area contributed by atoms with Crippen molar-refractivity contribution >= 4 is 27.5 Å². The number of benzene rings is 1. The second-order valence-electron chi connectivity index (χ2n) is 3.34. The van der Waals surface area contributed by atoms with Gasteiger partial charge >= 0.3 is 0 Å². The van der Waals surface area contributed by atoms with Crippen LogP contribution in [0.5, 0.6) is 0 Å². The highest BCUT2D eigenvalue weighted by Gasteiger charge is 2.18. The minimum Gasteiger partial charge on any atom is -0.295 e. The molecule has 70 valence electrons. The fourth-order valence-electron chi connectivity index (χ4n) is 1.68. The van der Waals surface area contributed by atoms with Crippen LogP contribution in [0.3, 0.4) is 0 Å². The van der Waals surface area contributed by atoms with Crippen LogP contribution in [0.25, 0.3) is 0 Å². The van der Waals surface area contributed by atoms with Crippen molar-refractivity contribution in [2.75, 3.05) is 6.54 Å². The molecule has 0 aliphatic carbocycles. The van der Waals surface area contributed by atoms with E-state index in [2.05, 4.69) is 39.9 Å². The molecule has 0 aromatic heterocycles. The zero-order valence-electron chi connectivity index (χ0n) is 7.48. The highest BCUT2D eigenvalue weighted by atomic mass is 79.9. The van der Waals surface area contributed by atoms with E-state index in [4.69, 9.17) is 11.6 Å². The van der Waals surface area contributed by atoms with Gasteiger partial charge in [0.2, 0.25) is 0 Å². The van der Waals surface area contributed by atoms with E-state index in [0.29, 0.717) is 0 Å². The van der Waals surface area contributed by atoms with Gasteiger partial charge in [-0.25, -0.2) is 0 Å². The molecule has 13 heavy (non-hydrogen) atoms. The molecule has 0 bridgehead atoms. The second-order valence-corrected chi connectivity index (χ2v) is 4.60. The molecule has 0 atom stereocenters. The molecule has 0 unspecified atom stereocenters. The molecule has 0 fully saturated rings. The normalized spacial score (nSPS) is 16.2. The standard InChI is InChI=1S/C10H11BrClN/c1-2-13-5-7-3-9(11)10(12)4-8(7)6-13/h3-4H,2,5-6H2,1H3. The lowest BCUT2D eigenvalue weighted by Gasteiger charge is -2.09. The molecule has 0 amide bonds. The van der Waals surface area contributed by atoms with Gasteiger partial charge in [-0.1, -0.05) is 18.5 Å². The smallest absolute Gasteiger partial charge is 0.0551 e. The van der Waals surface area contributed by atoms with E-state index in [-0.39, 0.29) is 0 Å². The van der Waals surface area contributed by atoms with Crippen molar-refractivity contribution in [2.45, 2.75) is 20.0 Å². The third kappa shape index (κ3) is 1.76. The first kappa shape index (κ1) is 9.50. The maximum absolute atomic E-state index is 6.02. The van der Waals surface area contributed by atoms with Gasteiger partial charge in [-0.05, 0) is 45.7 Å². The third-order valence-corrected chi connectivity index (χ3v) is 3.67. The molecule has 1 heterocycles. The molecule has 1 aromatic rings. The highest BCUT2D eigenvalue weighted by Crippen LogP contribution is 2.31. The first-order valence-corrected chi connectivity index (χ1v) is 5.57. The molecular formula is C10H11BrClN. The van der Waals surface area contributed by atoms with Gasteiger partial charge in [-0.2, -0.15) is 0 Å². The lowest BCUT2D eigenvalue weighted by Crippen LogP contribution is -2.14. The number of fused-ring (bicyclic) bond motifs is 1. The van der Waals surface area contributed by atoms with Crippen LogP contribution >= 0.6 is 27.5 Å². The monoisotopic (exact) mass is 259 g/mol. The molecule has 0 saturated heterocycles. The Morgan fingerprint density at radius 1 is 1.38 bits per heavy atom. The number of halogens is 2. The summed E-state index contributed by atoms with van der Waals surface area (Å²) in [7, 11) is 0. The summed E-state index contributed by atoms with van der Waals surface area (Å²) in [6.07, 6.45) is 0. The van der Waals surface area contributed by atoms with Crippen LogP contribution in [0, 0.1) is 0 Å². The van der Waals surface area contributed by atoms with Crippen LogP contribution < -0.4 is 0 Å². The van der Waals surface area contributed by atoms with E-state index in [0.717, 1.165) is 29.1 Å². The Kier molecular flexibility index (Phi) is 2.63. The van der Waals surface area contributed by atoms with Crippen molar-refractivity contribution in [2.24, 2.45) is 0 Å². The molecule has 1 aliphatic rings. The van der Waals surface area contributed by atoms with Crippen LogP contribution in [0.4, 0.5) is 0 Å². The van der Waals surface area contributed by atoms with Crippen molar-refractivity contribution in [3.05, 3.63) is 32.8 Å². The van der Waals surface area contributed by atoms with Crippen molar-refractivity contribution in [1.82, 2.24) is 4.90 Å². The fraction of sp³-hybridized carbons (Fsp3) is 0.400. The molecule has 1 aromatic carbocycles. The van der Waals surface area contributed by atoms with Crippen molar-refractivity contribution in [3.63, 3.8) is 0 Å². The average Bonchev–Trinajstić information content (AvgIpc) is 2.48. The first-order chi connectivity index (χ1) is 6.20. The van der Waals surface area contributed by atoms with Crippen LogP contribution in [0.15, 0.2) is 16.6 Å². The zero-order valence-corrected chi connectivity index (χ0v) is 9.82. The molecule has 2 rings (SSSR count). The predicted molar refractivity (Wildman–Crippen MR) is 58.9 cm³/mol. The highest BCUT2D eigenvalue weighted by molar-refractivity contribution is 9.10. The van der Waals surface area contributed by atoms with Crippen LogP contribution in [-0.4, -0.2) is 11.4 Å². The molecule has 1 nitrogen and oxygen atoms in total. The van der Waals surface area contributed by atoms with Gasteiger partial charge in [-0.15, -0.1) is 0 Å². The Morgan fingerprint density at radius 2 is 2.00 bits per heavy atom. The second kappa shape index (κ2) is 3.60. The van der Waals surface area contributed by atoms with Crippen LogP contribution in [0.1, 0.15) is 18.1 Å². The Labute approximate surface area is 91.8 Å². The topological polar surface area (TPSA) is 3.24 Å². The predicted octanol–water partition coefficient (Wildman–Crippen LogP) is 3.44. The van der Waals surface area contributed by atoms with Gasteiger partial charge in [0.1, 0.15) is 0 Å². The average molecular weight is 261 g/mol. The summed E-state index contributed by atoms with van der Waals surface area (Å²) in [5, 5.41) is 0.816. The third-order valence-electron chi connectivity index (χ3n) is 2.48. The Balaban J connectivity index is 2.36. The minimum absolute atomic E-state index is 0.816.